The van der Waals surface area contributed by atoms with Crippen molar-refractivity contribution in [2.45, 2.75) is 56.8 Å². The van der Waals surface area contributed by atoms with Gasteiger partial charge in [0.25, 0.3) is 5.56 Å². The number of fused-ring (bicyclic) bond motifs is 1. The Bertz CT molecular complexity index is 998. The molecule has 3 aromatic rings. The molecule has 0 atom stereocenters. The summed E-state index contributed by atoms with van der Waals surface area (Å²) in [6, 6.07) is 0. The lowest BCUT2D eigenvalue weighted by Crippen LogP contribution is -2.31. The van der Waals surface area contributed by atoms with E-state index in [2.05, 4.69) is 21.9 Å². The van der Waals surface area contributed by atoms with Crippen LogP contribution in [0.3, 0.4) is 0 Å². The van der Waals surface area contributed by atoms with Gasteiger partial charge in [0.15, 0.2) is 15.5 Å². The fourth-order valence-electron chi connectivity index (χ4n) is 2.72. The monoisotopic (exact) mass is 379 g/mol. The predicted octanol–water partition coefficient (Wildman–Crippen LogP) is 2.76. The van der Waals surface area contributed by atoms with Crippen LogP contribution in [-0.2, 0) is 18.8 Å². The Labute approximate surface area is 153 Å². The normalized spacial score (nSPS) is 11.5. The van der Waals surface area contributed by atoms with Gasteiger partial charge >= 0.3 is 5.69 Å². The maximum atomic E-state index is 12.3. The van der Waals surface area contributed by atoms with E-state index >= 15 is 0 Å². The smallest absolute Gasteiger partial charge is 0.322 e. The minimum absolute atomic E-state index is 0.372. The number of hydrogen-bond donors (Lipinski definition) is 1. The van der Waals surface area contributed by atoms with Gasteiger partial charge in [-0.25, -0.2) is 14.8 Å². The molecule has 3 heterocycles. The highest BCUT2D eigenvalue weighted by Gasteiger charge is 2.18. The average molecular weight is 380 g/mol. The van der Waals surface area contributed by atoms with Crippen LogP contribution in [0.2, 0.25) is 0 Å². The summed E-state index contributed by atoms with van der Waals surface area (Å²) in [6.07, 6.45) is 1.83. The molecule has 0 aromatic carbocycles. The van der Waals surface area contributed by atoms with Crippen LogP contribution in [-0.4, -0.2) is 24.1 Å². The van der Waals surface area contributed by atoms with Crippen LogP contribution in [0.4, 0.5) is 0 Å². The van der Waals surface area contributed by atoms with Gasteiger partial charge in [0.2, 0.25) is 0 Å². The standard InChI is InChI=1S/C16H21N5O2S2/c1-4-6-7-21-13-12(14(22)19-15(21)23)20(5-2)11(18-13)9-25-16-17-10(3)8-24-16/h8H,4-7,9H2,1-3H3,(H,19,22,23). The Morgan fingerprint density at radius 2 is 2.04 bits per heavy atom. The molecule has 134 valence electrons. The minimum Gasteiger partial charge on any atom is -0.322 e. The van der Waals surface area contributed by atoms with Gasteiger partial charge in [-0.1, -0.05) is 25.1 Å². The molecule has 0 unspecified atom stereocenters. The summed E-state index contributed by atoms with van der Waals surface area (Å²) in [5.41, 5.74) is 1.20. The van der Waals surface area contributed by atoms with Crippen LogP contribution in [0, 0.1) is 6.92 Å². The Balaban J connectivity index is 2.05. The number of aryl methyl sites for hydroxylation is 3. The average Bonchev–Trinajstić information content (AvgIpc) is 3.16. The second-order valence-electron chi connectivity index (χ2n) is 5.75. The highest BCUT2D eigenvalue weighted by molar-refractivity contribution is 8.00. The van der Waals surface area contributed by atoms with Gasteiger partial charge in [0.1, 0.15) is 5.82 Å². The number of thiazole rings is 1. The Kier molecular flexibility index (Phi) is 5.43. The van der Waals surface area contributed by atoms with Crippen molar-refractivity contribution < 1.29 is 0 Å². The Hall–Kier alpha value is -1.87. The van der Waals surface area contributed by atoms with Crippen molar-refractivity contribution >= 4 is 34.3 Å². The number of rotatable bonds is 7. The SMILES string of the molecule is CCCCn1c(=O)[nH]c(=O)c2c1nc(CSc1nc(C)cs1)n2CC. The van der Waals surface area contributed by atoms with Crippen molar-refractivity contribution in [2.75, 3.05) is 0 Å². The molecule has 3 rings (SSSR count). The zero-order valence-electron chi connectivity index (χ0n) is 14.5. The molecule has 0 amide bonds. The molecule has 1 N–H and O–H groups in total. The summed E-state index contributed by atoms with van der Waals surface area (Å²) in [6.45, 7) is 7.19. The molecule has 0 aliphatic carbocycles. The lowest BCUT2D eigenvalue weighted by molar-refractivity contribution is 0.613. The largest absolute Gasteiger partial charge is 0.330 e. The van der Waals surface area contributed by atoms with Gasteiger partial charge < -0.3 is 4.57 Å². The van der Waals surface area contributed by atoms with Crippen LogP contribution in [0.15, 0.2) is 19.3 Å². The number of aromatic nitrogens is 5. The fraction of sp³-hybridized carbons (Fsp3) is 0.500. The quantitative estimate of drug-likeness (QED) is 0.638. The number of aromatic amines is 1. The molecule has 0 aliphatic rings. The maximum Gasteiger partial charge on any atom is 0.330 e. The maximum absolute atomic E-state index is 12.3. The van der Waals surface area contributed by atoms with Crippen molar-refractivity contribution in [3.8, 4) is 0 Å². The first-order valence-corrected chi connectivity index (χ1v) is 10.2. The van der Waals surface area contributed by atoms with Gasteiger partial charge in [0.05, 0.1) is 5.75 Å². The Morgan fingerprint density at radius 1 is 1.24 bits per heavy atom. The number of thioether (sulfide) groups is 1. The molecular formula is C16H21N5O2S2. The van der Waals surface area contributed by atoms with Crippen molar-refractivity contribution in [2.24, 2.45) is 0 Å². The molecule has 0 saturated heterocycles. The van der Waals surface area contributed by atoms with Crippen LogP contribution in [0.5, 0.6) is 0 Å². The van der Waals surface area contributed by atoms with E-state index in [9.17, 15) is 9.59 Å². The molecular weight excluding hydrogens is 358 g/mol. The van der Waals surface area contributed by atoms with E-state index in [1.54, 1.807) is 27.7 Å². The van der Waals surface area contributed by atoms with E-state index in [1.807, 2.05) is 23.8 Å². The zero-order chi connectivity index (χ0) is 18.0. The van der Waals surface area contributed by atoms with Crippen LogP contribution >= 0.6 is 23.1 Å². The van der Waals surface area contributed by atoms with E-state index in [1.165, 1.54) is 0 Å². The molecule has 25 heavy (non-hydrogen) atoms. The molecule has 9 heteroatoms. The highest BCUT2D eigenvalue weighted by Crippen LogP contribution is 2.26. The second kappa shape index (κ2) is 7.57. The third-order valence-electron chi connectivity index (χ3n) is 3.94. The number of nitrogens with zero attached hydrogens (tertiary/aromatic N) is 4. The number of nitrogens with one attached hydrogen (secondary N) is 1. The molecule has 0 fully saturated rings. The summed E-state index contributed by atoms with van der Waals surface area (Å²) >= 11 is 3.20. The lowest BCUT2D eigenvalue weighted by atomic mass is 10.3. The predicted molar refractivity (Wildman–Crippen MR) is 102 cm³/mol. The molecule has 0 saturated carbocycles. The van der Waals surface area contributed by atoms with Gasteiger partial charge in [-0.05, 0) is 20.3 Å². The summed E-state index contributed by atoms with van der Waals surface area (Å²) in [7, 11) is 0. The van der Waals surface area contributed by atoms with Crippen LogP contribution in [0.1, 0.15) is 38.2 Å². The molecule has 0 aliphatic heterocycles. The van der Waals surface area contributed by atoms with E-state index < -0.39 is 0 Å². The van der Waals surface area contributed by atoms with Crippen molar-refractivity contribution in [3.05, 3.63) is 37.7 Å². The summed E-state index contributed by atoms with van der Waals surface area (Å²) in [5.74, 6) is 1.40. The van der Waals surface area contributed by atoms with E-state index in [0.717, 1.165) is 28.7 Å². The number of imidazole rings is 1. The van der Waals surface area contributed by atoms with Crippen molar-refractivity contribution in [3.63, 3.8) is 0 Å². The second-order valence-corrected chi connectivity index (χ2v) is 7.83. The topological polar surface area (TPSA) is 85.6 Å². The van der Waals surface area contributed by atoms with Crippen molar-refractivity contribution in [1.82, 2.24) is 24.1 Å². The van der Waals surface area contributed by atoms with E-state index in [0.29, 0.717) is 30.0 Å². The number of hydrogen-bond acceptors (Lipinski definition) is 6. The Morgan fingerprint density at radius 3 is 2.68 bits per heavy atom. The first kappa shape index (κ1) is 17.9. The van der Waals surface area contributed by atoms with Gasteiger partial charge in [-0.3, -0.25) is 14.3 Å². The van der Waals surface area contributed by atoms with Crippen LogP contribution in [0.25, 0.3) is 11.2 Å². The molecule has 7 nitrogen and oxygen atoms in total. The highest BCUT2D eigenvalue weighted by atomic mass is 32.2. The summed E-state index contributed by atoms with van der Waals surface area (Å²) < 4.78 is 4.45. The third kappa shape index (κ3) is 3.57. The van der Waals surface area contributed by atoms with E-state index in [4.69, 9.17) is 0 Å². The fourth-order valence-corrected chi connectivity index (χ4v) is 4.51. The number of H-pyrrole nitrogens is 1. The summed E-state index contributed by atoms with van der Waals surface area (Å²) in [4.78, 5) is 36.1. The summed E-state index contributed by atoms with van der Waals surface area (Å²) in [5, 5.41) is 2.01. The first-order valence-electron chi connectivity index (χ1n) is 8.32. The molecule has 0 spiro atoms. The number of unbranched alkanes of at least 4 members (excludes halogenated alkanes) is 1. The molecule has 3 aromatic heterocycles. The molecule has 0 bridgehead atoms. The van der Waals surface area contributed by atoms with Gasteiger partial charge in [0, 0.05) is 24.2 Å². The zero-order valence-corrected chi connectivity index (χ0v) is 16.2. The van der Waals surface area contributed by atoms with E-state index in [-0.39, 0.29) is 11.2 Å². The lowest BCUT2D eigenvalue weighted by Gasteiger charge is -2.06. The minimum atomic E-state index is -0.388. The molecule has 0 radical (unpaired) electrons. The van der Waals surface area contributed by atoms with Crippen molar-refractivity contribution in [1.29, 1.82) is 0 Å². The first-order chi connectivity index (χ1) is 12.0. The third-order valence-corrected chi connectivity index (χ3v) is 6.07. The van der Waals surface area contributed by atoms with Gasteiger partial charge in [-0.2, -0.15) is 0 Å². The van der Waals surface area contributed by atoms with Gasteiger partial charge in [-0.15, -0.1) is 11.3 Å². The van der Waals surface area contributed by atoms with Crippen LogP contribution < -0.4 is 11.2 Å².